The fourth-order valence-electron chi connectivity index (χ4n) is 2.12. The Hall–Kier alpha value is -1.52. The quantitative estimate of drug-likeness (QED) is 0.724. The Kier molecular flexibility index (Phi) is 4.04. The van der Waals surface area contributed by atoms with Crippen LogP contribution in [0.2, 0.25) is 0 Å². The summed E-state index contributed by atoms with van der Waals surface area (Å²) in [5.41, 5.74) is -3.16. The molecule has 0 radical (unpaired) electrons. The van der Waals surface area contributed by atoms with Gasteiger partial charge in [0, 0.05) is 24.4 Å². The first kappa shape index (κ1) is 15.9. The maximum Gasteiger partial charge on any atom is 0.330 e. The second-order valence-corrected chi connectivity index (χ2v) is 7.15. The van der Waals surface area contributed by atoms with Crippen molar-refractivity contribution in [2.24, 2.45) is 0 Å². The molecular weight excluding hydrogens is 307 g/mol. The van der Waals surface area contributed by atoms with Crippen LogP contribution >= 0.6 is 0 Å². The Balaban J connectivity index is 2.32. The lowest BCUT2D eigenvalue weighted by molar-refractivity contribution is -0.0483. The van der Waals surface area contributed by atoms with Crippen LogP contribution in [0.4, 0.5) is 4.39 Å². The minimum atomic E-state index is -3.90. The van der Waals surface area contributed by atoms with E-state index in [4.69, 9.17) is 4.74 Å². The molecule has 1 saturated heterocycles. The summed E-state index contributed by atoms with van der Waals surface area (Å²) in [5, 5.41) is 9.59. The number of alkyl halides is 1. The fourth-order valence-corrected chi connectivity index (χ4v) is 2.84. The molecule has 1 aliphatic heterocycles. The summed E-state index contributed by atoms with van der Waals surface area (Å²) in [4.78, 5) is 25.0. The summed E-state index contributed by atoms with van der Waals surface area (Å²) in [6.45, 7) is 1.46. The van der Waals surface area contributed by atoms with Crippen molar-refractivity contribution in [3.05, 3.63) is 32.6 Å². The van der Waals surface area contributed by atoms with Gasteiger partial charge < -0.3 is 9.84 Å². The Morgan fingerprint density at radius 2 is 2.14 bits per heavy atom. The van der Waals surface area contributed by atoms with Crippen LogP contribution in [0, 0.1) is 6.92 Å². The van der Waals surface area contributed by atoms with Gasteiger partial charge in [0.25, 0.3) is 5.56 Å². The maximum atomic E-state index is 13.9. The highest BCUT2D eigenvalue weighted by atomic mass is 32.2. The predicted octanol–water partition coefficient (Wildman–Crippen LogP) is -1.17. The lowest BCUT2D eigenvalue weighted by Gasteiger charge is -2.19. The molecule has 4 atom stereocenters. The molecule has 10 heteroatoms. The molecule has 1 aromatic rings. The van der Waals surface area contributed by atoms with E-state index in [9.17, 15) is 27.5 Å². The summed E-state index contributed by atoms with van der Waals surface area (Å²) in [7, 11) is -3.90. The third-order valence-electron chi connectivity index (χ3n) is 3.27. The van der Waals surface area contributed by atoms with Gasteiger partial charge in [-0.05, 0) is 6.92 Å². The number of H-pyrrole nitrogens is 1. The molecule has 118 valence electrons. The van der Waals surface area contributed by atoms with Crippen molar-refractivity contribution in [1.82, 2.24) is 9.55 Å². The van der Waals surface area contributed by atoms with E-state index in [0.29, 0.717) is 0 Å². The minimum absolute atomic E-state index is 0.223. The average Bonchev–Trinajstić information content (AvgIpc) is 2.73. The van der Waals surface area contributed by atoms with Crippen molar-refractivity contribution in [3.8, 4) is 0 Å². The molecule has 1 fully saturated rings. The number of aromatic amines is 1. The highest BCUT2D eigenvalue weighted by molar-refractivity contribution is 7.91. The maximum absolute atomic E-state index is 13.9. The molecule has 0 amide bonds. The van der Waals surface area contributed by atoms with E-state index >= 15 is 0 Å². The molecular formula is C11H15FN2O6S. The second-order valence-electron chi connectivity index (χ2n) is 5.01. The number of hydrogen-bond acceptors (Lipinski definition) is 6. The van der Waals surface area contributed by atoms with Crippen molar-refractivity contribution in [2.45, 2.75) is 37.3 Å². The summed E-state index contributed by atoms with van der Waals surface area (Å²) in [5.74, 6) is 0. The number of aliphatic hydroxyl groups is 1. The summed E-state index contributed by atoms with van der Waals surface area (Å²) in [6.07, 6.45) is -2.76. The van der Waals surface area contributed by atoms with Gasteiger partial charge in [-0.15, -0.1) is 0 Å². The smallest absolute Gasteiger partial charge is 0.330 e. The summed E-state index contributed by atoms with van der Waals surface area (Å²) >= 11 is 0. The molecule has 0 spiro atoms. The van der Waals surface area contributed by atoms with Crippen LogP contribution in [0.5, 0.6) is 0 Å². The molecule has 2 heterocycles. The molecule has 2 rings (SSSR count). The molecule has 0 saturated carbocycles. The van der Waals surface area contributed by atoms with E-state index in [1.165, 1.54) is 13.1 Å². The standard InChI is InChI=1S/C11H15FN2O6S/c1-5-4-14(11(17)13-9(5)15)7-3-6(12)8(20-7)10(16)21(2,18)19/h4,6-8,10,16H,3H2,1-2H3,(H,13,15,17)/t6-,7+,8-,10?/m0/s1. The van der Waals surface area contributed by atoms with Gasteiger partial charge in [0.15, 0.2) is 15.3 Å². The van der Waals surface area contributed by atoms with E-state index in [1.807, 2.05) is 4.98 Å². The molecule has 21 heavy (non-hydrogen) atoms. The summed E-state index contributed by atoms with van der Waals surface area (Å²) in [6, 6.07) is 0. The van der Waals surface area contributed by atoms with E-state index in [0.717, 1.165) is 10.8 Å². The molecule has 0 bridgehead atoms. The molecule has 1 aromatic heterocycles. The average molecular weight is 322 g/mol. The number of aliphatic hydroxyl groups excluding tert-OH is 1. The Morgan fingerprint density at radius 1 is 1.52 bits per heavy atom. The van der Waals surface area contributed by atoms with Crippen LogP contribution in [0.3, 0.4) is 0 Å². The van der Waals surface area contributed by atoms with E-state index in [-0.39, 0.29) is 12.0 Å². The molecule has 1 unspecified atom stereocenters. The van der Waals surface area contributed by atoms with Crippen LogP contribution in [0.1, 0.15) is 18.2 Å². The van der Waals surface area contributed by atoms with Gasteiger partial charge in [-0.2, -0.15) is 0 Å². The molecule has 2 N–H and O–H groups in total. The number of nitrogens with one attached hydrogen (secondary N) is 1. The number of hydrogen-bond donors (Lipinski definition) is 2. The van der Waals surface area contributed by atoms with Gasteiger partial charge in [0.1, 0.15) is 18.5 Å². The van der Waals surface area contributed by atoms with Crippen LogP contribution in [0.15, 0.2) is 15.8 Å². The van der Waals surface area contributed by atoms with Crippen molar-refractivity contribution in [3.63, 3.8) is 0 Å². The third-order valence-corrected chi connectivity index (χ3v) is 4.42. The van der Waals surface area contributed by atoms with Crippen molar-refractivity contribution < 1.29 is 22.7 Å². The van der Waals surface area contributed by atoms with Gasteiger partial charge in [-0.1, -0.05) is 0 Å². The van der Waals surface area contributed by atoms with Crippen molar-refractivity contribution in [1.29, 1.82) is 0 Å². The molecule has 1 aliphatic rings. The molecule has 8 nitrogen and oxygen atoms in total. The van der Waals surface area contributed by atoms with Gasteiger partial charge in [0.2, 0.25) is 0 Å². The monoisotopic (exact) mass is 322 g/mol. The number of sulfone groups is 1. The molecule has 0 aromatic carbocycles. The number of aryl methyl sites for hydroxylation is 1. The molecule has 0 aliphatic carbocycles. The van der Waals surface area contributed by atoms with Crippen molar-refractivity contribution in [2.75, 3.05) is 6.26 Å². The summed E-state index contributed by atoms with van der Waals surface area (Å²) < 4.78 is 42.5. The lowest BCUT2D eigenvalue weighted by Crippen LogP contribution is -2.38. The largest absolute Gasteiger partial charge is 0.375 e. The fraction of sp³-hybridized carbons (Fsp3) is 0.636. The number of halogens is 1. The zero-order chi connectivity index (χ0) is 15.9. The lowest BCUT2D eigenvalue weighted by atomic mass is 10.2. The zero-order valence-corrected chi connectivity index (χ0v) is 12.1. The third kappa shape index (κ3) is 3.06. The van der Waals surface area contributed by atoms with E-state index in [1.54, 1.807) is 0 Å². The second kappa shape index (κ2) is 5.35. The first-order valence-corrected chi connectivity index (χ1v) is 8.05. The Bertz CT molecular complexity index is 755. The zero-order valence-electron chi connectivity index (χ0n) is 11.3. The van der Waals surface area contributed by atoms with Gasteiger partial charge in [0.05, 0.1) is 0 Å². The number of aromatic nitrogens is 2. The van der Waals surface area contributed by atoms with Gasteiger partial charge in [-0.3, -0.25) is 14.3 Å². The first-order chi connectivity index (χ1) is 9.61. The predicted molar refractivity (Wildman–Crippen MR) is 70.3 cm³/mol. The topological polar surface area (TPSA) is 118 Å². The number of ether oxygens (including phenoxy) is 1. The van der Waals surface area contributed by atoms with Crippen LogP contribution in [-0.2, 0) is 14.6 Å². The van der Waals surface area contributed by atoms with Crippen LogP contribution in [0.25, 0.3) is 0 Å². The van der Waals surface area contributed by atoms with Crippen LogP contribution in [-0.4, -0.2) is 47.0 Å². The Morgan fingerprint density at radius 3 is 2.71 bits per heavy atom. The highest BCUT2D eigenvalue weighted by Gasteiger charge is 2.44. The SMILES string of the molecule is Cc1cn([C@H]2C[C@H](F)[C@@H](C(O)S(C)(=O)=O)O2)c(=O)[nH]c1=O. The number of nitrogens with zero attached hydrogens (tertiary/aromatic N) is 1. The van der Waals surface area contributed by atoms with E-state index < -0.39 is 45.0 Å². The normalized spacial score (nSPS) is 27.7. The Labute approximate surface area is 119 Å². The minimum Gasteiger partial charge on any atom is -0.375 e. The van der Waals surface area contributed by atoms with Gasteiger partial charge >= 0.3 is 5.69 Å². The highest BCUT2D eigenvalue weighted by Crippen LogP contribution is 2.32. The van der Waals surface area contributed by atoms with Gasteiger partial charge in [-0.25, -0.2) is 17.6 Å². The van der Waals surface area contributed by atoms with Crippen LogP contribution < -0.4 is 11.2 Å². The number of rotatable bonds is 3. The van der Waals surface area contributed by atoms with Crippen molar-refractivity contribution >= 4 is 9.84 Å². The first-order valence-electron chi connectivity index (χ1n) is 6.10. The van der Waals surface area contributed by atoms with E-state index in [2.05, 4.69) is 0 Å².